The van der Waals surface area contributed by atoms with Gasteiger partial charge in [-0.2, -0.15) is 25.8 Å². The van der Waals surface area contributed by atoms with E-state index in [0.29, 0.717) is 0 Å². The fraction of sp³-hybridized carbons (Fsp3) is 0.143. The SMILES string of the molecule is Fc1ccc(Sc2ccccc2)cc1.O=S(=O)(OC(F)(F)F)C(F)(F)F. The van der Waals surface area contributed by atoms with E-state index in [1.807, 2.05) is 34.5 Å². The van der Waals surface area contributed by atoms with Crippen LogP contribution < -0.4 is 0 Å². The molecule has 0 bridgehead atoms. The Hall–Kier alpha value is -1.79. The van der Waals surface area contributed by atoms with E-state index < -0.39 is 22.0 Å². The lowest BCUT2D eigenvalue weighted by Gasteiger charge is -2.09. The van der Waals surface area contributed by atoms with Gasteiger partial charge in [-0.1, -0.05) is 30.0 Å². The van der Waals surface area contributed by atoms with E-state index in [1.165, 1.54) is 17.0 Å². The van der Waals surface area contributed by atoms with Crippen molar-refractivity contribution >= 4 is 21.9 Å². The highest BCUT2D eigenvalue weighted by atomic mass is 32.2. The van der Waals surface area contributed by atoms with E-state index in [2.05, 4.69) is 0 Å². The van der Waals surface area contributed by atoms with Crippen LogP contribution in [0.3, 0.4) is 0 Å². The molecule has 0 saturated carbocycles. The first-order valence-corrected chi connectivity index (χ1v) is 8.60. The normalized spacial score (nSPS) is 12.3. The molecule has 0 N–H and O–H groups in total. The molecular formula is C14H9F7O3S2. The first kappa shape index (κ1) is 22.3. The topological polar surface area (TPSA) is 43.4 Å². The molecule has 0 spiro atoms. The summed E-state index contributed by atoms with van der Waals surface area (Å²) in [5, 5.41) is 0. The molecular weight excluding hydrogens is 413 g/mol. The van der Waals surface area contributed by atoms with Gasteiger partial charge in [0.15, 0.2) is 0 Å². The molecule has 0 aliphatic heterocycles. The minimum Gasteiger partial charge on any atom is -0.207 e. The Balaban J connectivity index is 0.000000265. The van der Waals surface area contributed by atoms with Gasteiger partial charge in [0, 0.05) is 9.79 Å². The third kappa shape index (κ3) is 8.06. The molecule has 0 aromatic heterocycles. The number of alkyl halides is 6. The molecule has 12 heteroatoms. The van der Waals surface area contributed by atoms with Crippen molar-refractivity contribution in [3.8, 4) is 0 Å². The van der Waals surface area contributed by atoms with Gasteiger partial charge in [0.05, 0.1) is 0 Å². The summed E-state index contributed by atoms with van der Waals surface area (Å²) in [6.45, 7) is 0. The second-order valence-corrected chi connectivity index (χ2v) is 6.98. The van der Waals surface area contributed by atoms with Gasteiger partial charge >= 0.3 is 22.0 Å². The number of hydrogen-bond donors (Lipinski definition) is 0. The van der Waals surface area contributed by atoms with Crippen LogP contribution in [-0.2, 0) is 14.3 Å². The summed E-state index contributed by atoms with van der Waals surface area (Å²) >= 11 is 1.63. The summed E-state index contributed by atoms with van der Waals surface area (Å²) in [7, 11) is -6.58. The highest BCUT2D eigenvalue weighted by Gasteiger charge is 2.53. The zero-order chi connectivity index (χ0) is 20.0. The van der Waals surface area contributed by atoms with E-state index >= 15 is 0 Å². The van der Waals surface area contributed by atoms with Gasteiger partial charge in [0.2, 0.25) is 0 Å². The third-order valence-electron chi connectivity index (χ3n) is 2.28. The standard InChI is InChI=1S/C12H9FS.C2F6O3S/c13-10-6-8-12(9-7-10)14-11-4-2-1-3-5-11;3-1(4,5)11-12(9,10)2(6,7)8/h1-9H;. The van der Waals surface area contributed by atoms with Crippen molar-refractivity contribution in [2.24, 2.45) is 0 Å². The van der Waals surface area contributed by atoms with Crippen LogP contribution >= 0.6 is 11.8 Å². The number of rotatable bonds is 3. The lowest BCUT2D eigenvalue weighted by molar-refractivity contribution is -0.277. The number of benzene rings is 2. The lowest BCUT2D eigenvalue weighted by atomic mass is 10.3. The molecule has 0 atom stereocenters. The molecule has 2 aromatic carbocycles. The van der Waals surface area contributed by atoms with Crippen LogP contribution in [0.2, 0.25) is 0 Å². The van der Waals surface area contributed by atoms with E-state index in [4.69, 9.17) is 0 Å². The van der Waals surface area contributed by atoms with Crippen LogP contribution in [0.25, 0.3) is 0 Å². The molecule has 0 amide bonds. The molecule has 0 aliphatic rings. The molecule has 0 aliphatic carbocycles. The minimum atomic E-state index is -6.58. The van der Waals surface area contributed by atoms with E-state index in [-0.39, 0.29) is 5.82 Å². The Morgan fingerprint density at radius 1 is 0.769 bits per heavy atom. The van der Waals surface area contributed by atoms with Crippen molar-refractivity contribution in [2.75, 3.05) is 0 Å². The van der Waals surface area contributed by atoms with E-state index in [0.717, 1.165) is 4.90 Å². The van der Waals surface area contributed by atoms with Crippen molar-refractivity contribution in [1.82, 2.24) is 0 Å². The zero-order valence-corrected chi connectivity index (χ0v) is 14.0. The lowest BCUT2D eigenvalue weighted by Crippen LogP contribution is -2.31. The Kier molecular flexibility index (Phi) is 7.47. The van der Waals surface area contributed by atoms with Crippen LogP contribution in [-0.4, -0.2) is 20.3 Å². The van der Waals surface area contributed by atoms with Crippen molar-refractivity contribution in [2.45, 2.75) is 21.7 Å². The van der Waals surface area contributed by atoms with Gasteiger partial charge in [-0.05, 0) is 36.4 Å². The fourth-order valence-electron chi connectivity index (χ4n) is 1.30. The highest BCUT2D eigenvalue weighted by molar-refractivity contribution is 7.99. The summed E-state index contributed by atoms with van der Waals surface area (Å²) in [6.07, 6.45) is -5.87. The summed E-state index contributed by atoms with van der Waals surface area (Å²) < 4.78 is 100. The maximum Gasteiger partial charge on any atom is 0.537 e. The molecule has 0 fully saturated rings. The van der Waals surface area contributed by atoms with Gasteiger partial charge in [-0.25, -0.2) is 4.39 Å². The van der Waals surface area contributed by atoms with Gasteiger partial charge in [0.25, 0.3) is 0 Å². The predicted molar refractivity (Wildman–Crippen MR) is 79.1 cm³/mol. The van der Waals surface area contributed by atoms with Crippen molar-refractivity contribution in [1.29, 1.82) is 0 Å². The highest BCUT2D eigenvalue weighted by Crippen LogP contribution is 2.30. The first-order chi connectivity index (χ1) is 11.8. The minimum absolute atomic E-state index is 0.192. The second-order valence-electron chi connectivity index (χ2n) is 4.30. The monoisotopic (exact) mass is 422 g/mol. The average molecular weight is 422 g/mol. The molecule has 0 radical (unpaired) electrons. The quantitative estimate of drug-likeness (QED) is 0.380. The Morgan fingerprint density at radius 2 is 1.23 bits per heavy atom. The van der Waals surface area contributed by atoms with Gasteiger partial charge in [-0.15, -0.1) is 13.2 Å². The Bertz CT molecular complexity index is 786. The molecule has 0 heterocycles. The van der Waals surface area contributed by atoms with Crippen LogP contribution in [0.1, 0.15) is 0 Å². The van der Waals surface area contributed by atoms with Crippen LogP contribution in [0.15, 0.2) is 64.4 Å². The molecule has 0 saturated heterocycles. The van der Waals surface area contributed by atoms with Gasteiger partial charge < -0.3 is 0 Å². The van der Waals surface area contributed by atoms with Gasteiger partial charge in [-0.3, -0.25) is 0 Å². The largest absolute Gasteiger partial charge is 0.537 e. The van der Waals surface area contributed by atoms with Crippen LogP contribution in [0.4, 0.5) is 30.7 Å². The summed E-state index contributed by atoms with van der Waals surface area (Å²) in [6, 6.07) is 16.6. The van der Waals surface area contributed by atoms with Crippen molar-refractivity contribution < 1.29 is 43.3 Å². The maximum absolute atomic E-state index is 12.6. The summed E-state index contributed by atoms with van der Waals surface area (Å²) in [4.78, 5) is 2.22. The van der Waals surface area contributed by atoms with Crippen molar-refractivity contribution in [3.05, 3.63) is 60.4 Å². The fourth-order valence-corrected chi connectivity index (χ4v) is 2.48. The number of halogens is 7. The maximum atomic E-state index is 12.6. The van der Waals surface area contributed by atoms with Gasteiger partial charge in [0.1, 0.15) is 5.82 Å². The second kappa shape index (κ2) is 8.73. The Labute approximate surface area is 147 Å². The summed E-state index contributed by atoms with van der Waals surface area (Å²) in [5.74, 6) is -0.192. The van der Waals surface area contributed by atoms with E-state index in [1.54, 1.807) is 23.9 Å². The van der Waals surface area contributed by atoms with E-state index in [9.17, 15) is 39.2 Å². The Morgan fingerprint density at radius 3 is 1.62 bits per heavy atom. The number of hydrogen-bond acceptors (Lipinski definition) is 4. The molecule has 0 unspecified atom stereocenters. The molecule has 26 heavy (non-hydrogen) atoms. The molecule has 2 rings (SSSR count). The van der Waals surface area contributed by atoms with Crippen LogP contribution in [0.5, 0.6) is 0 Å². The smallest absolute Gasteiger partial charge is 0.207 e. The van der Waals surface area contributed by atoms with Crippen molar-refractivity contribution in [3.63, 3.8) is 0 Å². The molecule has 144 valence electrons. The molecule has 2 aromatic rings. The average Bonchev–Trinajstić information content (AvgIpc) is 2.48. The summed E-state index contributed by atoms with van der Waals surface area (Å²) in [5.41, 5.74) is -6.07. The predicted octanol–water partition coefficient (Wildman–Crippen LogP) is 5.35. The van der Waals surface area contributed by atoms with Crippen LogP contribution in [0, 0.1) is 5.82 Å². The first-order valence-electron chi connectivity index (χ1n) is 6.37. The molecule has 3 nitrogen and oxygen atoms in total. The zero-order valence-electron chi connectivity index (χ0n) is 12.4. The third-order valence-corrected chi connectivity index (χ3v) is 4.27.